The molecule has 23 heavy (non-hydrogen) atoms. The predicted molar refractivity (Wildman–Crippen MR) is 89.5 cm³/mol. The quantitative estimate of drug-likeness (QED) is 0.495. The number of nitro benzene ring substituents is 1. The number of hydrazone groups is 1. The van der Waals surface area contributed by atoms with Crippen LogP contribution in [-0.4, -0.2) is 15.6 Å². The number of thiazole rings is 1. The maximum atomic E-state index is 11.0. The number of hydrogen-bond acceptors (Lipinski definition) is 7. The molecule has 0 radical (unpaired) electrons. The van der Waals surface area contributed by atoms with Gasteiger partial charge in [0, 0.05) is 11.4 Å². The molecule has 2 aromatic rings. The Labute approximate surface area is 137 Å². The summed E-state index contributed by atoms with van der Waals surface area (Å²) < 4.78 is 0. The number of aromatic nitrogens is 1. The Morgan fingerprint density at radius 1 is 1.52 bits per heavy atom. The number of benzene rings is 1. The number of nitro groups is 1. The van der Waals surface area contributed by atoms with E-state index >= 15 is 0 Å². The molecule has 0 bridgehead atoms. The molecule has 7 nitrogen and oxygen atoms in total. The molecule has 0 saturated heterocycles. The van der Waals surface area contributed by atoms with Crippen molar-refractivity contribution in [2.45, 2.75) is 20.3 Å². The summed E-state index contributed by atoms with van der Waals surface area (Å²) in [5.74, 6) is 0.470. The molecule has 1 N–H and O–H groups in total. The van der Waals surface area contributed by atoms with Gasteiger partial charge in [-0.15, -0.1) is 11.3 Å². The second kappa shape index (κ2) is 7.47. The summed E-state index contributed by atoms with van der Waals surface area (Å²) in [7, 11) is 0. The van der Waals surface area contributed by atoms with Crippen molar-refractivity contribution in [2.24, 2.45) is 11.0 Å². The minimum Gasteiger partial charge on any atom is -0.270 e. The van der Waals surface area contributed by atoms with Crippen molar-refractivity contribution in [1.82, 2.24) is 4.98 Å². The number of nitrogens with one attached hydrogen (secondary N) is 1. The van der Waals surface area contributed by atoms with Crippen molar-refractivity contribution in [1.29, 1.82) is 5.26 Å². The maximum Gasteiger partial charge on any atom is 0.294 e. The molecule has 0 saturated carbocycles. The van der Waals surface area contributed by atoms with E-state index in [0.717, 1.165) is 12.1 Å². The van der Waals surface area contributed by atoms with Crippen LogP contribution in [0.1, 0.15) is 24.5 Å². The highest BCUT2D eigenvalue weighted by atomic mass is 32.1. The van der Waals surface area contributed by atoms with Crippen molar-refractivity contribution in [3.05, 3.63) is 50.5 Å². The highest BCUT2D eigenvalue weighted by molar-refractivity contribution is 7.12. The van der Waals surface area contributed by atoms with E-state index < -0.39 is 4.92 Å². The Kier molecular flexibility index (Phi) is 5.38. The lowest BCUT2D eigenvalue weighted by molar-refractivity contribution is -0.384. The SMILES string of the molecule is CC(C)Cc1csc(/C(C#N)=N\Nc2ccccc2[N+](=O)[O-])n1. The average molecular weight is 329 g/mol. The zero-order chi connectivity index (χ0) is 16.8. The van der Waals surface area contributed by atoms with Crippen LogP contribution in [0.4, 0.5) is 11.4 Å². The highest BCUT2D eigenvalue weighted by Gasteiger charge is 2.14. The summed E-state index contributed by atoms with van der Waals surface area (Å²) in [5.41, 5.74) is 3.72. The summed E-state index contributed by atoms with van der Waals surface area (Å²) in [6.07, 6.45) is 0.826. The zero-order valence-electron chi connectivity index (χ0n) is 12.7. The van der Waals surface area contributed by atoms with E-state index in [9.17, 15) is 15.4 Å². The van der Waals surface area contributed by atoms with Crippen LogP contribution < -0.4 is 5.43 Å². The molecule has 1 aromatic carbocycles. The normalized spacial score (nSPS) is 11.3. The Morgan fingerprint density at radius 2 is 2.26 bits per heavy atom. The topological polar surface area (TPSA) is 104 Å². The van der Waals surface area contributed by atoms with Gasteiger partial charge in [0.1, 0.15) is 11.8 Å². The van der Waals surface area contributed by atoms with Crippen LogP contribution >= 0.6 is 11.3 Å². The molecule has 118 valence electrons. The molecule has 0 aliphatic carbocycles. The smallest absolute Gasteiger partial charge is 0.270 e. The Hall–Kier alpha value is -2.79. The molecule has 0 fully saturated rings. The summed E-state index contributed by atoms with van der Waals surface area (Å²) in [6, 6.07) is 8.09. The fraction of sp³-hybridized carbons (Fsp3) is 0.267. The third kappa shape index (κ3) is 4.34. The molecule has 8 heteroatoms. The van der Waals surface area contributed by atoms with Gasteiger partial charge in [-0.25, -0.2) is 4.98 Å². The van der Waals surface area contributed by atoms with Gasteiger partial charge in [-0.2, -0.15) is 10.4 Å². The van der Waals surface area contributed by atoms with Crippen LogP contribution in [0, 0.1) is 27.4 Å². The summed E-state index contributed by atoms with van der Waals surface area (Å²) in [5, 5.41) is 26.6. The fourth-order valence-electron chi connectivity index (χ4n) is 1.89. The van der Waals surface area contributed by atoms with E-state index in [0.29, 0.717) is 10.9 Å². The van der Waals surface area contributed by atoms with Gasteiger partial charge in [0.05, 0.1) is 10.6 Å². The molecule has 0 spiro atoms. The first-order valence-corrected chi connectivity index (χ1v) is 7.81. The number of hydrogen-bond donors (Lipinski definition) is 1. The highest BCUT2D eigenvalue weighted by Crippen LogP contribution is 2.23. The molecule has 1 aromatic heterocycles. The van der Waals surface area contributed by atoms with E-state index in [-0.39, 0.29) is 17.1 Å². The van der Waals surface area contributed by atoms with E-state index in [1.807, 2.05) is 11.4 Å². The standard InChI is InChI=1S/C15H15N5O2S/c1-10(2)7-11-9-23-15(17-11)13(8-16)19-18-12-5-3-4-6-14(12)20(21)22/h3-6,9-10,18H,7H2,1-2H3/b19-13-. The van der Waals surface area contributed by atoms with Gasteiger partial charge in [-0.05, 0) is 18.4 Å². The Balaban J connectivity index is 2.22. The summed E-state index contributed by atoms with van der Waals surface area (Å²) >= 11 is 1.33. The molecule has 0 unspecified atom stereocenters. The van der Waals surface area contributed by atoms with E-state index in [2.05, 4.69) is 29.4 Å². The summed E-state index contributed by atoms with van der Waals surface area (Å²) in [4.78, 5) is 14.8. The van der Waals surface area contributed by atoms with E-state index in [1.165, 1.54) is 23.5 Å². The number of nitrogens with zero attached hydrogens (tertiary/aromatic N) is 4. The van der Waals surface area contributed by atoms with Crippen molar-refractivity contribution >= 4 is 28.4 Å². The monoisotopic (exact) mass is 329 g/mol. The molecular weight excluding hydrogens is 314 g/mol. The fourth-order valence-corrected chi connectivity index (χ4v) is 2.66. The summed E-state index contributed by atoms with van der Waals surface area (Å²) in [6.45, 7) is 4.18. The van der Waals surface area contributed by atoms with Crippen molar-refractivity contribution in [3.63, 3.8) is 0 Å². The largest absolute Gasteiger partial charge is 0.294 e. The first kappa shape index (κ1) is 16.6. The van der Waals surface area contributed by atoms with Gasteiger partial charge >= 0.3 is 0 Å². The van der Waals surface area contributed by atoms with E-state index in [4.69, 9.17) is 0 Å². The minimum absolute atomic E-state index is 0.100. The third-order valence-electron chi connectivity index (χ3n) is 2.87. The molecular formula is C15H15N5O2S. The van der Waals surface area contributed by atoms with Crippen LogP contribution in [0.3, 0.4) is 0 Å². The first-order valence-electron chi connectivity index (χ1n) is 6.93. The maximum absolute atomic E-state index is 11.0. The van der Waals surface area contributed by atoms with Gasteiger partial charge in [0.15, 0.2) is 10.7 Å². The van der Waals surface area contributed by atoms with Crippen molar-refractivity contribution < 1.29 is 4.92 Å². The zero-order valence-corrected chi connectivity index (χ0v) is 13.5. The van der Waals surface area contributed by atoms with Crippen molar-refractivity contribution in [2.75, 3.05) is 5.43 Å². The molecule has 0 atom stereocenters. The van der Waals surface area contributed by atoms with Gasteiger partial charge in [0.25, 0.3) is 5.69 Å². The van der Waals surface area contributed by atoms with E-state index in [1.54, 1.807) is 12.1 Å². The number of rotatable bonds is 6. The lowest BCUT2D eigenvalue weighted by Crippen LogP contribution is -2.03. The number of para-hydroxylation sites is 2. The van der Waals surface area contributed by atoms with Crippen LogP contribution in [0.15, 0.2) is 34.7 Å². The Morgan fingerprint density at radius 3 is 2.91 bits per heavy atom. The number of anilines is 1. The second-order valence-corrected chi connectivity index (χ2v) is 6.06. The second-order valence-electron chi connectivity index (χ2n) is 5.20. The lowest BCUT2D eigenvalue weighted by atomic mass is 10.1. The average Bonchev–Trinajstić information content (AvgIpc) is 2.95. The van der Waals surface area contributed by atoms with Crippen LogP contribution in [0.2, 0.25) is 0 Å². The molecule has 0 amide bonds. The molecule has 0 aliphatic rings. The molecule has 0 aliphatic heterocycles. The molecule has 2 rings (SSSR count). The van der Waals surface area contributed by atoms with Gasteiger partial charge in [-0.3, -0.25) is 15.5 Å². The van der Waals surface area contributed by atoms with Gasteiger partial charge in [-0.1, -0.05) is 26.0 Å². The van der Waals surface area contributed by atoms with Crippen LogP contribution in [0.5, 0.6) is 0 Å². The Bertz CT molecular complexity index is 776. The van der Waals surface area contributed by atoms with Gasteiger partial charge < -0.3 is 0 Å². The molecule has 1 heterocycles. The first-order chi connectivity index (χ1) is 11.0. The van der Waals surface area contributed by atoms with Crippen LogP contribution in [-0.2, 0) is 6.42 Å². The third-order valence-corrected chi connectivity index (χ3v) is 3.76. The number of nitriles is 1. The lowest BCUT2D eigenvalue weighted by Gasteiger charge is -2.02. The minimum atomic E-state index is -0.506. The van der Waals surface area contributed by atoms with Gasteiger partial charge in [0.2, 0.25) is 0 Å². The predicted octanol–water partition coefficient (Wildman–Crippen LogP) is 3.59. The van der Waals surface area contributed by atoms with Crippen molar-refractivity contribution in [3.8, 4) is 6.07 Å². The van der Waals surface area contributed by atoms with Crippen LogP contribution in [0.25, 0.3) is 0 Å².